The molecule has 3 heterocycles. The van der Waals surface area contributed by atoms with E-state index < -0.39 is 0 Å². The molecule has 2 saturated heterocycles. The van der Waals surface area contributed by atoms with E-state index in [0.29, 0.717) is 24.5 Å². The Kier molecular flexibility index (Phi) is 3.42. The smallest absolute Gasteiger partial charge is 0.236 e. The highest BCUT2D eigenvalue weighted by molar-refractivity contribution is 5.78. The van der Waals surface area contributed by atoms with Gasteiger partial charge in [0.05, 0.1) is 6.54 Å². The van der Waals surface area contributed by atoms with Gasteiger partial charge in [-0.1, -0.05) is 19.1 Å². The number of carbonyl (C=O) groups is 1. The van der Waals surface area contributed by atoms with Gasteiger partial charge in [-0.25, -0.2) is 0 Å². The summed E-state index contributed by atoms with van der Waals surface area (Å²) in [5.74, 6) is 1.15. The highest BCUT2D eigenvalue weighted by atomic mass is 16.2. The molecule has 100 valence electrons. The van der Waals surface area contributed by atoms with Crippen LogP contribution in [0.2, 0.25) is 0 Å². The third-order valence-corrected chi connectivity index (χ3v) is 4.91. The zero-order chi connectivity index (χ0) is 12.5. The van der Waals surface area contributed by atoms with Crippen LogP contribution in [-0.4, -0.2) is 47.4 Å². The van der Waals surface area contributed by atoms with Gasteiger partial charge in [-0.05, 0) is 38.0 Å². The van der Waals surface area contributed by atoms with Crippen LogP contribution in [0, 0.1) is 5.92 Å². The SMILES string of the molecule is CC1CCN(C(=O)CN2C3C=CCC2CC3)CC1. The van der Waals surface area contributed by atoms with Gasteiger partial charge in [0.15, 0.2) is 0 Å². The Morgan fingerprint density at radius 2 is 2.00 bits per heavy atom. The number of fused-ring (bicyclic) bond motifs is 2. The average molecular weight is 248 g/mol. The van der Waals surface area contributed by atoms with E-state index in [2.05, 4.69) is 28.9 Å². The number of piperidine rings is 1. The Hall–Kier alpha value is -0.830. The van der Waals surface area contributed by atoms with Gasteiger partial charge < -0.3 is 4.90 Å². The first kappa shape index (κ1) is 12.2. The van der Waals surface area contributed by atoms with Crippen LogP contribution in [0.3, 0.4) is 0 Å². The lowest BCUT2D eigenvalue weighted by Crippen LogP contribution is -2.47. The molecule has 0 aromatic rings. The minimum Gasteiger partial charge on any atom is -0.342 e. The van der Waals surface area contributed by atoms with Crippen LogP contribution in [0.1, 0.15) is 39.0 Å². The van der Waals surface area contributed by atoms with Gasteiger partial charge in [0.1, 0.15) is 0 Å². The first-order valence-electron chi connectivity index (χ1n) is 7.44. The largest absolute Gasteiger partial charge is 0.342 e. The van der Waals surface area contributed by atoms with E-state index in [9.17, 15) is 4.79 Å². The van der Waals surface area contributed by atoms with Crippen molar-refractivity contribution in [2.24, 2.45) is 5.92 Å². The summed E-state index contributed by atoms with van der Waals surface area (Å²) < 4.78 is 0. The molecule has 1 amide bonds. The highest BCUT2D eigenvalue weighted by Gasteiger charge is 2.35. The van der Waals surface area contributed by atoms with Crippen molar-refractivity contribution in [3.63, 3.8) is 0 Å². The standard InChI is InChI=1S/C15H24N2O/c1-12-7-9-16(10-8-12)15(18)11-17-13-3-2-4-14(17)6-5-13/h2-3,12-14H,4-11H2,1H3. The molecule has 3 nitrogen and oxygen atoms in total. The topological polar surface area (TPSA) is 23.6 Å². The predicted octanol–water partition coefficient (Wildman–Crippen LogP) is 2.04. The lowest BCUT2D eigenvalue weighted by molar-refractivity contribution is -0.134. The third-order valence-electron chi connectivity index (χ3n) is 4.91. The molecular weight excluding hydrogens is 224 g/mol. The molecule has 0 radical (unpaired) electrons. The van der Waals surface area contributed by atoms with Crippen molar-refractivity contribution < 1.29 is 4.79 Å². The molecule has 2 bridgehead atoms. The second-order valence-corrected chi connectivity index (χ2v) is 6.20. The first-order chi connectivity index (χ1) is 8.74. The van der Waals surface area contributed by atoms with E-state index in [1.165, 1.54) is 25.7 Å². The Bertz CT molecular complexity index is 344. The minimum absolute atomic E-state index is 0.356. The molecule has 3 aliphatic heterocycles. The normalized spacial score (nSPS) is 33.1. The molecule has 18 heavy (non-hydrogen) atoms. The highest BCUT2D eigenvalue weighted by Crippen LogP contribution is 2.31. The second-order valence-electron chi connectivity index (χ2n) is 6.20. The Morgan fingerprint density at radius 3 is 2.72 bits per heavy atom. The van der Waals surface area contributed by atoms with Crippen molar-refractivity contribution in [3.05, 3.63) is 12.2 Å². The van der Waals surface area contributed by atoms with Crippen molar-refractivity contribution in [3.8, 4) is 0 Å². The monoisotopic (exact) mass is 248 g/mol. The van der Waals surface area contributed by atoms with Crippen LogP contribution >= 0.6 is 0 Å². The van der Waals surface area contributed by atoms with E-state index in [1.54, 1.807) is 0 Å². The van der Waals surface area contributed by atoms with Crippen molar-refractivity contribution in [1.29, 1.82) is 0 Å². The van der Waals surface area contributed by atoms with Crippen LogP contribution in [-0.2, 0) is 4.79 Å². The fourth-order valence-corrected chi connectivity index (χ4v) is 3.58. The van der Waals surface area contributed by atoms with Crippen LogP contribution in [0.4, 0.5) is 0 Å². The van der Waals surface area contributed by atoms with Crippen LogP contribution in [0.25, 0.3) is 0 Å². The molecular formula is C15H24N2O. The Labute approximate surface area is 110 Å². The van der Waals surface area contributed by atoms with Gasteiger partial charge in [-0.2, -0.15) is 0 Å². The zero-order valence-corrected chi connectivity index (χ0v) is 11.3. The molecule has 0 N–H and O–H groups in total. The van der Waals surface area contributed by atoms with Gasteiger partial charge in [0.25, 0.3) is 0 Å². The first-order valence-corrected chi connectivity index (χ1v) is 7.44. The summed E-state index contributed by atoms with van der Waals surface area (Å²) in [5.41, 5.74) is 0. The van der Waals surface area contributed by atoms with Crippen LogP contribution in [0.15, 0.2) is 12.2 Å². The molecule has 3 aliphatic rings. The number of hydrogen-bond acceptors (Lipinski definition) is 2. The van der Waals surface area contributed by atoms with Crippen LogP contribution in [0.5, 0.6) is 0 Å². The summed E-state index contributed by atoms with van der Waals surface area (Å²) in [6.45, 7) is 4.88. The van der Waals surface area contributed by atoms with Gasteiger partial charge >= 0.3 is 0 Å². The summed E-state index contributed by atoms with van der Waals surface area (Å²) >= 11 is 0. The van der Waals surface area contributed by atoms with Gasteiger partial charge in [-0.15, -0.1) is 0 Å². The Balaban J connectivity index is 1.56. The van der Waals surface area contributed by atoms with E-state index >= 15 is 0 Å². The molecule has 0 spiro atoms. The van der Waals surface area contributed by atoms with Crippen molar-refractivity contribution in [2.45, 2.75) is 51.1 Å². The lowest BCUT2D eigenvalue weighted by atomic mass is 9.99. The quantitative estimate of drug-likeness (QED) is 0.698. The molecule has 2 unspecified atom stereocenters. The van der Waals surface area contributed by atoms with E-state index in [0.717, 1.165) is 25.4 Å². The average Bonchev–Trinajstić information content (AvgIpc) is 2.62. The van der Waals surface area contributed by atoms with Crippen molar-refractivity contribution in [2.75, 3.05) is 19.6 Å². The van der Waals surface area contributed by atoms with E-state index in [4.69, 9.17) is 0 Å². The number of nitrogens with zero attached hydrogens (tertiary/aromatic N) is 2. The molecule has 3 rings (SSSR count). The zero-order valence-electron chi connectivity index (χ0n) is 11.3. The maximum Gasteiger partial charge on any atom is 0.236 e. The maximum absolute atomic E-state index is 12.4. The molecule has 3 heteroatoms. The van der Waals surface area contributed by atoms with Gasteiger partial charge in [0, 0.05) is 25.2 Å². The number of rotatable bonds is 2. The van der Waals surface area contributed by atoms with Crippen molar-refractivity contribution in [1.82, 2.24) is 9.80 Å². The number of hydrogen-bond donors (Lipinski definition) is 0. The van der Waals surface area contributed by atoms with Gasteiger partial charge in [0.2, 0.25) is 5.91 Å². The Morgan fingerprint density at radius 1 is 1.22 bits per heavy atom. The molecule has 2 atom stereocenters. The summed E-state index contributed by atoms with van der Waals surface area (Å²) in [6.07, 6.45) is 10.6. The van der Waals surface area contributed by atoms with Gasteiger partial charge in [-0.3, -0.25) is 9.69 Å². The number of likely N-dealkylation sites (tertiary alicyclic amines) is 1. The summed E-state index contributed by atoms with van der Waals surface area (Å²) in [7, 11) is 0. The molecule has 0 saturated carbocycles. The third kappa shape index (κ3) is 2.33. The second kappa shape index (κ2) is 5.04. The molecule has 0 aliphatic carbocycles. The lowest BCUT2D eigenvalue weighted by Gasteiger charge is -2.35. The summed E-state index contributed by atoms with van der Waals surface area (Å²) in [5, 5.41) is 0. The van der Waals surface area contributed by atoms with Crippen LogP contribution < -0.4 is 0 Å². The summed E-state index contributed by atoms with van der Waals surface area (Å²) in [4.78, 5) is 16.9. The fraction of sp³-hybridized carbons (Fsp3) is 0.800. The maximum atomic E-state index is 12.4. The summed E-state index contributed by atoms with van der Waals surface area (Å²) in [6, 6.07) is 1.17. The predicted molar refractivity (Wildman–Crippen MR) is 72.3 cm³/mol. The molecule has 0 aromatic carbocycles. The fourth-order valence-electron chi connectivity index (χ4n) is 3.58. The van der Waals surface area contributed by atoms with Crippen molar-refractivity contribution >= 4 is 5.91 Å². The number of carbonyl (C=O) groups excluding carboxylic acids is 1. The van der Waals surface area contributed by atoms with E-state index in [-0.39, 0.29) is 0 Å². The van der Waals surface area contributed by atoms with E-state index in [1.807, 2.05) is 0 Å². The molecule has 0 aromatic heterocycles. The number of amides is 1. The minimum atomic E-state index is 0.356. The molecule has 2 fully saturated rings.